The molecule has 7 nitrogen and oxygen atoms in total. The van der Waals surface area contributed by atoms with Crippen LogP contribution in [0.2, 0.25) is 0 Å². The van der Waals surface area contributed by atoms with E-state index in [1.807, 2.05) is 11.0 Å². The van der Waals surface area contributed by atoms with E-state index in [-0.39, 0.29) is 5.56 Å². The molecule has 1 saturated carbocycles. The Morgan fingerprint density at radius 2 is 2.14 bits per heavy atom. The van der Waals surface area contributed by atoms with Crippen molar-refractivity contribution in [2.24, 2.45) is 5.92 Å². The van der Waals surface area contributed by atoms with Crippen molar-refractivity contribution in [3.63, 3.8) is 0 Å². The molecule has 0 aromatic carbocycles. The van der Waals surface area contributed by atoms with Gasteiger partial charge in [0.15, 0.2) is 5.82 Å². The molecule has 0 radical (unpaired) electrons. The zero-order valence-electron chi connectivity index (χ0n) is 11.9. The van der Waals surface area contributed by atoms with Gasteiger partial charge in [0.05, 0.1) is 12.2 Å². The van der Waals surface area contributed by atoms with Gasteiger partial charge in [0, 0.05) is 31.0 Å². The number of aromatic nitrogens is 4. The van der Waals surface area contributed by atoms with Crippen LogP contribution in [0.4, 0.5) is 6.01 Å². The minimum Gasteiger partial charge on any atom is -0.324 e. The van der Waals surface area contributed by atoms with Crippen molar-refractivity contribution in [3.05, 3.63) is 34.0 Å². The molecule has 1 aliphatic heterocycles. The third kappa shape index (κ3) is 2.43. The van der Waals surface area contributed by atoms with E-state index < -0.39 is 0 Å². The molecular weight excluding hydrogens is 270 g/mol. The molecule has 21 heavy (non-hydrogen) atoms. The highest BCUT2D eigenvalue weighted by Crippen LogP contribution is 2.38. The standard InChI is InChI=1S/C14H17N5O2/c1-9-15-14(21-17-9)18-6-10(7-18)8-19-13(20)5-4-12(16-19)11-2-3-11/h4-5,10-11H,2-3,6-8H2,1H3. The highest BCUT2D eigenvalue weighted by molar-refractivity contribution is 5.29. The number of anilines is 1. The lowest BCUT2D eigenvalue weighted by Crippen LogP contribution is -2.50. The van der Waals surface area contributed by atoms with Gasteiger partial charge in [-0.25, -0.2) is 4.68 Å². The molecule has 0 atom stereocenters. The summed E-state index contributed by atoms with van der Waals surface area (Å²) >= 11 is 0. The van der Waals surface area contributed by atoms with Crippen molar-refractivity contribution in [3.8, 4) is 0 Å². The van der Waals surface area contributed by atoms with Crippen molar-refractivity contribution < 1.29 is 4.52 Å². The first-order valence-corrected chi connectivity index (χ1v) is 7.32. The van der Waals surface area contributed by atoms with Gasteiger partial charge in [-0.3, -0.25) is 4.79 Å². The van der Waals surface area contributed by atoms with Crippen molar-refractivity contribution in [1.29, 1.82) is 0 Å². The smallest absolute Gasteiger partial charge is 0.324 e. The lowest BCUT2D eigenvalue weighted by Gasteiger charge is -2.37. The second-order valence-corrected chi connectivity index (χ2v) is 5.95. The van der Waals surface area contributed by atoms with E-state index in [1.165, 1.54) is 12.8 Å². The zero-order valence-corrected chi connectivity index (χ0v) is 11.9. The summed E-state index contributed by atoms with van der Waals surface area (Å²) < 4.78 is 6.74. The highest BCUT2D eigenvalue weighted by atomic mass is 16.5. The minimum atomic E-state index is -0.0218. The number of hydrogen-bond acceptors (Lipinski definition) is 6. The number of aryl methyl sites for hydroxylation is 1. The minimum absolute atomic E-state index is 0.0218. The van der Waals surface area contributed by atoms with Crippen molar-refractivity contribution in [2.75, 3.05) is 18.0 Å². The maximum Gasteiger partial charge on any atom is 0.324 e. The van der Waals surface area contributed by atoms with Crippen LogP contribution in [0.5, 0.6) is 0 Å². The Morgan fingerprint density at radius 1 is 1.33 bits per heavy atom. The maximum atomic E-state index is 11.9. The summed E-state index contributed by atoms with van der Waals surface area (Å²) in [6.07, 6.45) is 2.39. The van der Waals surface area contributed by atoms with E-state index in [2.05, 4.69) is 15.2 Å². The van der Waals surface area contributed by atoms with Gasteiger partial charge in [0.2, 0.25) is 0 Å². The first-order valence-electron chi connectivity index (χ1n) is 7.32. The fourth-order valence-corrected chi connectivity index (χ4v) is 2.69. The molecule has 1 aliphatic carbocycles. The monoisotopic (exact) mass is 287 g/mol. The quantitative estimate of drug-likeness (QED) is 0.833. The highest BCUT2D eigenvalue weighted by Gasteiger charge is 2.31. The molecule has 7 heteroatoms. The van der Waals surface area contributed by atoms with Gasteiger partial charge in [-0.15, -0.1) is 0 Å². The normalized spacial score (nSPS) is 18.8. The second kappa shape index (κ2) is 4.68. The number of rotatable bonds is 4. The summed E-state index contributed by atoms with van der Waals surface area (Å²) in [6, 6.07) is 4.07. The van der Waals surface area contributed by atoms with Crippen molar-refractivity contribution >= 4 is 6.01 Å². The predicted octanol–water partition coefficient (Wildman–Crippen LogP) is 0.949. The van der Waals surface area contributed by atoms with E-state index in [1.54, 1.807) is 17.7 Å². The van der Waals surface area contributed by atoms with E-state index in [0.717, 1.165) is 18.8 Å². The van der Waals surface area contributed by atoms with Crippen LogP contribution in [0.1, 0.15) is 30.3 Å². The summed E-state index contributed by atoms with van der Waals surface area (Å²) in [5.74, 6) is 1.61. The molecule has 0 spiro atoms. The van der Waals surface area contributed by atoms with Gasteiger partial charge in [0.1, 0.15) is 0 Å². The van der Waals surface area contributed by atoms with Gasteiger partial charge < -0.3 is 9.42 Å². The Balaban J connectivity index is 1.41. The molecule has 0 unspecified atom stereocenters. The van der Waals surface area contributed by atoms with Crippen molar-refractivity contribution in [1.82, 2.24) is 19.9 Å². The molecule has 2 aromatic heterocycles. The van der Waals surface area contributed by atoms with Gasteiger partial charge in [-0.2, -0.15) is 10.1 Å². The van der Waals surface area contributed by atoms with Crippen LogP contribution in [-0.2, 0) is 6.54 Å². The first-order chi connectivity index (χ1) is 10.2. The zero-order chi connectivity index (χ0) is 14.4. The average molecular weight is 287 g/mol. The molecule has 2 aromatic rings. The van der Waals surface area contributed by atoms with Gasteiger partial charge >= 0.3 is 6.01 Å². The van der Waals surface area contributed by atoms with E-state index in [9.17, 15) is 4.79 Å². The Kier molecular flexibility index (Phi) is 2.80. The second-order valence-electron chi connectivity index (χ2n) is 5.95. The Bertz CT molecular complexity index is 712. The molecule has 3 heterocycles. The Morgan fingerprint density at radius 3 is 2.81 bits per heavy atom. The number of nitrogens with zero attached hydrogens (tertiary/aromatic N) is 5. The molecule has 0 amide bonds. The molecule has 2 fully saturated rings. The first kappa shape index (κ1) is 12.6. The summed E-state index contributed by atoms with van der Waals surface area (Å²) in [5.41, 5.74) is 1.03. The van der Waals surface area contributed by atoms with Gasteiger partial charge in [0.25, 0.3) is 5.56 Å². The SMILES string of the molecule is Cc1noc(N2CC(Cn3nc(C4CC4)ccc3=O)C2)n1. The fourth-order valence-electron chi connectivity index (χ4n) is 2.69. The Labute approximate surface area is 121 Å². The van der Waals surface area contributed by atoms with Crippen LogP contribution in [0.15, 0.2) is 21.5 Å². The maximum absolute atomic E-state index is 11.9. The van der Waals surface area contributed by atoms with E-state index in [0.29, 0.717) is 30.2 Å². The summed E-state index contributed by atoms with van der Waals surface area (Å²) in [4.78, 5) is 18.1. The van der Waals surface area contributed by atoms with Gasteiger partial charge in [-0.1, -0.05) is 5.16 Å². The third-order valence-electron chi connectivity index (χ3n) is 4.06. The van der Waals surface area contributed by atoms with E-state index >= 15 is 0 Å². The molecule has 0 bridgehead atoms. The third-order valence-corrected chi connectivity index (χ3v) is 4.06. The van der Waals surface area contributed by atoms with Crippen LogP contribution in [-0.4, -0.2) is 33.0 Å². The van der Waals surface area contributed by atoms with Crippen LogP contribution in [0, 0.1) is 12.8 Å². The topological polar surface area (TPSA) is 77.0 Å². The largest absolute Gasteiger partial charge is 0.324 e. The molecule has 110 valence electrons. The van der Waals surface area contributed by atoms with Gasteiger partial charge in [-0.05, 0) is 25.8 Å². The fraction of sp³-hybridized carbons (Fsp3) is 0.571. The summed E-state index contributed by atoms with van der Waals surface area (Å²) in [6.45, 7) is 4.10. The number of hydrogen-bond donors (Lipinski definition) is 0. The lowest BCUT2D eigenvalue weighted by molar-refractivity contribution is 0.302. The molecule has 4 rings (SSSR count). The van der Waals surface area contributed by atoms with Crippen LogP contribution >= 0.6 is 0 Å². The van der Waals surface area contributed by atoms with Crippen LogP contribution < -0.4 is 10.5 Å². The summed E-state index contributed by atoms with van der Waals surface area (Å²) in [7, 11) is 0. The predicted molar refractivity (Wildman–Crippen MR) is 75.2 cm³/mol. The molecule has 1 saturated heterocycles. The van der Waals surface area contributed by atoms with E-state index in [4.69, 9.17) is 4.52 Å². The van der Waals surface area contributed by atoms with Crippen molar-refractivity contribution in [2.45, 2.75) is 32.2 Å². The Hall–Kier alpha value is -2.18. The average Bonchev–Trinajstić information content (AvgIpc) is 3.18. The molecule has 2 aliphatic rings. The van der Waals surface area contributed by atoms with Crippen LogP contribution in [0.3, 0.4) is 0 Å². The summed E-state index contributed by atoms with van der Waals surface area (Å²) in [5, 5.41) is 8.28. The molecule has 0 N–H and O–H groups in total. The molecular formula is C14H17N5O2. The lowest BCUT2D eigenvalue weighted by atomic mass is 10.0. The van der Waals surface area contributed by atoms with Crippen LogP contribution in [0.25, 0.3) is 0 Å².